The molecule has 0 aliphatic carbocycles. The van der Waals surface area contributed by atoms with E-state index < -0.39 is 74.0 Å². The van der Waals surface area contributed by atoms with E-state index in [1.807, 2.05) is 6.92 Å². The summed E-state index contributed by atoms with van der Waals surface area (Å²) in [6, 6.07) is 4.23. The molecule has 5 rings (SSSR count). The van der Waals surface area contributed by atoms with Crippen molar-refractivity contribution in [3.63, 3.8) is 0 Å². The minimum atomic E-state index is -4.23. The first-order chi connectivity index (χ1) is 21.0. The van der Waals surface area contributed by atoms with Crippen LogP contribution in [0.4, 0.5) is 24.2 Å². The van der Waals surface area contributed by atoms with Gasteiger partial charge >= 0.3 is 25.8 Å². The molecule has 1 amide bonds. The van der Waals surface area contributed by atoms with Crippen LogP contribution in [0.15, 0.2) is 35.3 Å². The van der Waals surface area contributed by atoms with Crippen LogP contribution in [0.25, 0.3) is 0 Å². The second-order valence-electron chi connectivity index (χ2n) is 10.6. The van der Waals surface area contributed by atoms with Crippen LogP contribution >= 0.6 is 7.82 Å². The fourth-order valence-corrected chi connectivity index (χ4v) is 6.54. The Balaban J connectivity index is 1.22. The highest BCUT2D eigenvalue weighted by atomic mass is 31.2. The molecular weight excluding hydrogens is 611 g/mol. The van der Waals surface area contributed by atoms with Crippen LogP contribution in [0.5, 0.6) is 0 Å². The molecule has 3 unspecified atom stereocenters. The lowest BCUT2D eigenvalue weighted by molar-refractivity contribution is -0.0671. The van der Waals surface area contributed by atoms with Gasteiger partial charge in [-0.15, -0.1) is 0 Å². The van der Waals surface area contributed by atoms with Crippen LogP contribution < -0.4 is 11.0 Å². The first-order valence-electron chi connectivity index (χ1n) is 14.1. The van der Waals surface area contributed by atoms with Gasteiger partial charge in [0.15, 0.2) is 11.7 Å². The van der Waals surface area contributed by atoms with Gasteiger partial charge in [0, 0.05) is 18.7 Å². The van der Waals surface area contributed by atoms with Gasteiger partial charge in [0.2, 0.25) is 0 Å². The molecule has 44 heavy (non-hydrogen) atoms. The molecule has 0 saturated carbocycles. The molecule has 17 heteroatoms. The number of carbonyl (C=O) groups excluding carboxylic acids is 2. The number of hydrogen-bond donors (Lipinski definition) is 1. The number of benzene rings is 1. The Morgan fingerprint density at radius 1 is 1.23 bits per heavy atom. The van der Waals surface area contributed by atoms with Crippen molar-refractivity contribution in [2.75, 3.05) is 25.1 Å². The monoisotopic (exact) mass is 643 g/mol. The van der Waals surface area contributed by atoms with Crippen molar-refractivity contribution in [3.8, 4) is 0 Å². The third kappa shape index (κ3) is 7.26. The second kappa shape index (κ2) is 13.3. The summed E-state index contributed by atoms with van der Waals surface area (Å²) in [5.74, 6) is -1.65. The van der Waals surface area contributed by atoms with E-state index in [9.17, 15) is 27.7 Å². The first kappa shape index (κ1) is 32.0. The van der Waals surface area contributed by atoms with Crippen LogP contribution in [-0.4, -0.2) is 65.5 Å². The number of anilines is 1. The van der Waals surface area contributed by atoms with Crippen LogP contribution in [0.1, 0.15) is 51.2 Å². The number of nitrogens with one attached hydrogen (secondary N) is 1. The molecule has 240 valence electrons. The zero-order chi connectivity index (χ0) is 31.5. The minimum absolute atomic E-state index is 0.0125. The van der Waals surface area contributed by atoms with E-state index in [0.29, 0.717) is 12.5 Å². The number of amides is 1. The molecule has 2 aromatic rings. The summed E-state index contributed by atoms with van der Waals surface area (Å²) in [5, 5.41) is 2.40. The summed E-state index contributed by atoms with van der Waals surface area (Å²) >= 11 is 0. The van der Waals surface area contributed by atoms with Gasteiger partial charge in [-0.3, -0.25) is 23.5 Å². The van der Waals surface area contributed by atoms with E-state index in [-0.39, 0.29) is 37.6 Å². The number of ether oxygens (including phenoxy) is 4. The average Bonchev–Trinajstić information content (AvgIpc) is 3.40. The average molecular weight is 644 g/mol. The zero-order valence-corrected chi connectivity index (χ0v) is 24.8. The third-order valence-electron chi connectivity index (χ3n) is 7.39. The molecule has 6 atom stereocenters. The van der Waals surface area contributed by atoms with Crippen molar-refractivity contribution in [3.05, 3.63) is 58.1 Å². The number of nitrogens with zero attached hydrogens (tertiary/aromatic N) is 2. The Hall–Kier alpha value is -3.43. The van der Waals surface area contributed by atoms with Crippen molar-refractivity contribution in [1.29, 1.82) is 0 Å². The largest absolute Gasteiger partial charge is 0.509 e. The maximum atomic E-state index is 13.7. The predicted octanol–water partition coefficient (Wildman–Crippen LogP) is 4.62. The highest BCUT2D eigenvalue weighted by Gasteiger charge is 2.63. The van der Waals surface area contributed by atoms with Gasteiger partial charge in [0.25, 0.3) is 0 Å². The van der Waals surface area contributed by atoms with E-state index in [4.69, 9.17) is 32.5 Å². The molecule has 3 aliphatic rings. The van der Waals surface area contributed by atoms with Crippen LogP contribution in [0.3, 0.4) is 0 Å². The second-order valence-corrected chi connectivity index (χ2v) is 12.2. The normalized spacial score (nSPS) is 29.5. The Bertz CT molecular complexity index is 1470. The maximum absolute atomic E-state index is 13.7. The summed E-state index contributed by atoms with van der Waals surface area (Å²) < 4.78 is 79.9. The smallest absolute Gasteiger partial charge is 0.449 e. The molecular formula is C27H32F2N3O11P. The van der Waals surface area contributed by atoms with E-state index in [1.165, 1.54) is 16.8 Å². The van der Waals surface area contributed by atoms with Gasteiger partial charge in [-0.1, -0.05) is 19.8 Å². The number of aromatic nitrogens is 2. The lowest BCUT2D eigenvalue weighted by atomic mass is 9.93. The number of hydrogen-bond acceptors (Lipinski definition) is 12. The lowest BCUT2D eigenvalue weighted by Crippen LogP contribution is -2.46. The topological polar surface area (TPSA) is 163 Å². The molecule has 0 spiro atoms. The van der Waals surface area contributed by atoms with Crippen molar-refractivity contribution >= 4 is 25.9 Å². The Morgan fingerprint density at radius 2 is 2.00 bits per heavy atom. The fourth-order valence-electron chi connectivity index (χ4n) is 5.15. The quantitative estimate of drug-likeness (QED) is 0.206. The highest BCUT2D eigenvalue weighted by Crippen LogP contribution is 2.57. The highest BCUT2D eigenvalue weighted by molar-refractivity contribution is 7.48. The Kier molecular flexibility index (Phi) is 9.65. The van der Waals surface area contributed by atoms with Crippen LogP contribution in [0, 0.1) is 11.6 Å². The van der Waals surface area contributed by atoms with Gasteiger partial charge in [-0.25, -0.2) is 27.7 Å². The van der Waals surface area contributed by atoms with Crippen molar-refractivity contribution in [2.45, 2.75) is 76.1 Å². The van der Waals surface area contributed by atoms with Gasteiger partial charge in [0.05, 0.1) is 32.5 Å². The number of unbranched alkanes of at least 4 members (excludes halogenated alkanes) is 2. The lowest BCUT2D eigenvalue weighted by Gasteiger charge is -2.30. The third-order valence-corrected chi connectivity index (χ3v) is 8.87. The molecule has 1 aromatic carbocycles. The minimum Gasteiger partial charge on any atom is -0.449 e. The van der Waals surface area contributed by atoms with E-state index in [1.54, 1.807) is 6.92 Å². The molecule has 3 fully saturated rings. The van der Waals surface area contributed by atoms with Gasteiger partial charge in [0.1, 0.15) is 29.7 Å². The summed E-state index contributed by atoms with van der Waals surface area (Å²) in [6.45, 7) is 3.17. The van der Waals surface area contributed by atoms with Gasteiger partial charge < -0.3 is 18.9 Å². The number of rotatable bonds is 11. The van der Waals surface area contributed by atoms with Crippen molar-refractivity contribution in [1.82, 2.24) is 9.55 Å². The number of halogens is 2. The molecule has 0 bridgehead atoms. The van der Waals surface area contributed by atoms with E-state index in [2.05, 4.69) is 10.3 Å². The van der Waals surface area contributed by atoms with E-state index >= 15 is 0 Å². The summed E-state index contributed by atoms with van der Waals surface area (Å²) in [4.78, 5) is 40.7. The van der Waals surface area contributed by atoms with E-state index in [0.717, 1.165) is 25.0 Å². The van der Waals surface area contributed by atoms with Crippen LogP contribution in [-0.2, 0) is 43.6 Å². The standard InChI is InChI=1S/C27H32F2N3O11P/c1-3-4-5-9-37-25(34)31-22-6-8-32(24(33)30-22)14-21-27(2)23(41-26(35)42-27)20(40-21)15-39-44(36)38-10-7-19(43-44)16-11-17(28)13-18(29)12-16/h6,8,11-13,19-21,23H,3-5,7,9-10,14-15H2,1-2H3,(H,30,31,33,34)/t19?,20-,21?,23-,27+,44?/m1/s1. The van der Waals surface area contributed by atoms with Crippen LogP contribution in [0.2, 0.25) is 0 Å². The Morgan fingerprint density at radius 3 is 2.73 bits per heavy atom. The summed E-state index contributed by atoms with van der Waals surface area (Å²) in [5.41, 5.74) is -1.97. The number of fused-ring (bicyclic) bond motifs is 1. The SMILES string of the molecule is CCCCCOC(=O)Nc1ccn(CC2O[C@H](COP3(=O)OCCC(c4cc(F)cc(F)c4)O3)[C@H]3OC(=O)O[C@@]23C)c(=O)n1. The van der Waals surface area contributed by atoms with Crippen molar-refractivity contribution < 1.29 is 55.5 Å². The molecule has 1 aromatic heterocycles. The molecule has 0 radical (unpaired) electrons. The molecule has 3 aliphatic heterocycles. The number of carbonyl (C=O) groups is 2. The summed E-state index contributed by atoms with van der Waals surface area (Å²) in [7, 11) is -4.23. The predicted molar refractivity (Wildman–Crippen MR) is 146 cm³/mol. The maximum Gasteiger partial charge on any atom is 0.509 e. The van der Waals surface area contributed by atoms with Crippen molar-refractivity contribution in [2.24, 2.45) is 0 Å². The van der Waals surface area contributed by atoms with Gasteiger partial charge in [-0.2, -0.15) is 4.98 Å². The number of phosphoric ester groups is 1. The van der Waals surface area contributed by atoms with Gasteiger partial charge in [-0.05, 0) is 37.1 Å². The summed E-state index contributed by atoms with van der Waals surface area (Å²) in [6.07, 6.45) is -1.50. The zero-order valence-electron chi connectivity index (χ0n) is 23.9. The Labute approximate surface area is 250 Å². The molecule has 1 N–H and O–H groups in total. The first-order valence-corrected chi connectivity index (χ1v) is 15.5. The molecule has 3 saturated heterocycles. The molecule has 4 heterocycles. The number of phosphoric acid groups is 1. The fraction of sp³-hybridized carbons (Fsp3) is 0.556. The molecule has 14 nitrogen and oxygen atoms in total.